The molecule has 8 heteroatoms. The second-order valence-electron chi connectivity index (χ2n) is 8.44. The van der Waals surface area contributed by atoms with Gasteiger partial charge in [-0.15, -0.1) is 0 Å². The van der Waals surface area contributed by atoms with Crippen LogP contribution >= 0.6 is 0 Å². The van der Waals surface area contributed by atoms with Crippen LogP contribution in [0.4, 0.5) is 5.69 Å². The number of sulfonamides is 1. The Kier molecular flexibility index (Phi) is 8.65. The monoisotopic (exact) mass is 493 g/mol. The lowest BCUT2D eigenvalue weighted by molar-refractivity contribution is -0.139. The van der Waals surface area contributed by atoms with E-state index in [2.05, 4.69) is 5.32 Å². The summed E-state index contributed by atoms with van der Waals surface area (Å²) in [5, 5.41) is 2.66. The lowest BCUT2D eigenvalue weighted by Crippen LogP contribution is -2.52. The minimum Gasteiger partial charge on any atom is -0.357 e. The molecule has 0 heterocycles. The Morgan fingerprint density at radius 1 is 0.886 bits per heavy atom. The van der Waals surface area contributed by atoms with Crippen LogP contribution in [0.1, 0.15) is 16.7 Å². The van der Waals surface area contributed by atoms with E-state index in [1.54, 1.807) is 18.2 Å². The van der Waals surface area contributed by atoms with Crippen LogP contribution < -0.4 is 9.62 Å². The quantitative estimate of drug-likeness (QED) is 0.470. The summed E-state index contributed by atoms with van der Waals surface area (Å²) in [6.45, 7) is 1.60. The fourth-order valence-electron chi connectivity index (χ4n) is 3.90. The predicted molar refractivity (Wildman–Crippen MR) is 138 cm³/mol. The van der Waals surface area contributed by atoms with Crippen molar-refractivity contribution < 1.29 is 18.0 Å². The summed E-state index contributed by atoms with van der Waals surface area (Å²) >= 11 is 0. The first kappa shape index (κ1) is 26.0. The average Bonchev–Trinajstić information content (AvgIpc) is 2.84. The molecule has 0 aliphatic heterocycles. The van der Waals surface area contributed by atoms with Gasteiger partial charge in [-0.2, -0.15) is 0 Å². The number of hydrogen-bond donors (Lipinski definition) is 1. The molecular weight excluding hydrogens is 462 g/mol. The zero-order valence-corrected chi connectivity index (χ0v) is 21.0. The molecule has 7 nitrogen and oxygen atoms in total. The van der Waals surface area contributed by atoms with Gasteiger partial charge in [-0.05, 0) is 35.7 Å². The molecule has 0 aliphatic rings. The maximum Gasteiger partial charge on any atom is 0.244 e. The summed E-state index contributed by atoms with van der Waals surface area (Å²) < 4.78 is 26.5. The van der Waals surface area contributed by atoms with Gasteiger partial charge in [0.15, 0.2) is 0 Å². The molecule has 0 radical (unpaired) electrons. The maximum atomic E-state index is 13.8. The normalized spacial score (nSPS) is 12.0. The Hall–Kier alpha value is -3.65. The molecular formula is C27H31N3O4S. The van der Waals surface area contributed by atoms with E-state index in [1.807, 2.05) is 73.7 Å². The van der Waals surface area contributed by atoms with Crippen molar-refractivity contribution in [2.45, 2.75) is 25.9 Å². The molecule has 0 spiro atoms. The second kappa shape index (κ2) is 11.7. The number of carbonyl (C=O) groups is 2. The van der Waals surface area contributed by atoms with Gasteiger partial charge in [-0.25, -0.2) is 8.42 Å². The van der Waals surface area contributed by atoms with E-state index >= 15 is 0 Å². The molecule has 1 atom stereocenters. The highest BCUT2D eigenvalue weighted by molar-refractivity contribution is 7.92. The molecule has 2 amide bonds. The van der Waals surface area contributed by atoms with Crippen molar-refractivity contribution in [2.24, 2.45) is 0 Å². The third kappa shape index (κ3) is 7.16. The number of nitrogens with one attached hydrogen (secondary N) is 1. The minimum absolute atomic E-state index is 0.163. The van der Waals surface area contributed by atoms with Crippen molar-refractivity contribution >= 4 is 27.5 Å². The van der Waals surface area contributed by atoms with Gasteiger partial charge in [0, 0.05) is 20.0 Å². The van der Waals surface area contributed by atoms with Crippen LogP contribution in [0, 0.1) is 6.92 Å². The van der Waals surface area contributed by atoms with Crippen LogP contribution in [0.15, 0.2) is 84.9 Å². The van der Waals surface area contributed by atoms with E-state index in [1.165, 1.54) is 11.9 Å². The van der Waals surface area contributed by atoms with E-state index in [-0.39, 0.29) is 12.5 Å². The Labute approximate surface area is 207 Å². The smallest absolute Gasteiger partial charge is 0.244 e. The SMILES string of the molecule is CNC(=O)C(Cc1ccccc1)N(Cc1ccccc1)C(=O)CN(c1cccc(C)c1)S(C)(=O)=O. The van der Waals surface area contributed by atoms with Crippen molar-refractivity contribution in [3.05, 3.63) is 102 Å². The molecule has 3 aromatic carbocycles. The third-order valence-electron chi connectivity index (χ3n) is 5.68. The van der Waals surface area contributed by atoms with Gasteiger partial charge in [-0.1, -0.05) is 72.8 Å². The van der Waals surface area contributed by atoms with Gasteiger partial charge in [0.2, 0.25) is 21.8 Å². The number of aryl methyl sites for hydroxylation is 1. The molecule has 0 fully saturated rings. The average molecular weight is 494 g/mol. The molecule has 1 N–H and O–H groups in total. The third-order valence-corrected chi connectivity index (χ3v) is 6.82. The highest BCUT2D eigenvalue weighted by atomic mass is 32.2. The number of likely N-dealkylation sites (N-methyl/N-ethyl adjacent to an activating group) is 1. The highest BCUT2D eigenvalue weighted by Gasteiger charge is 2.32. The first-order chi connectivity index (χ1) is 16.7. The number of benzene rings is 3. The molecule has 3 aromatic rings. The van der Waals surface area contributed by atoms with Crippen LogP contribution in [0.25, 0.3) is 0 Å². The lowest BCUT2D eigenvalue weighted by Gasteiger charge is -2.33. The topological polar surface area (TPSA) is 86.8 Å². The fourth-order valence-corrected chi connectivity index (χ4v) is 4.74. The number of amides is 2. The Morgan fingerprint density at radius 2 is 1.49 bits per heavy atom. The van der Waals surface area contributed by atoms with Crippen molar-refractivity contribution in [1.82, 2.24) is 10.2 Å². The highest BCUT2D eigenvalue weighted by Crippen LogP contribution is 2.21. The Bertz CT molecular complexity index is 1250. The van der Waals surface area contributed by atoms with E-state index < -0.39 is 28.5 Å². The first-order valence-corrected chi connectivity index (χ1v) is 13.2. The molecule has 0 saturated heterocycles. The predicted octanol–water partition coefficient (Wildman–Crippen LogP) is 3.15. The van der Waals surface area contributed by atoms with E-state index in [0.29, 0.717) is 12.1 Å². The second-order valence-corrected chi connectivity index (χ2v) is 10.3. The molecule has 35 heavy (non-hydrogen) atoms. The van der Waals surface area contributed by atoms with Crippen molar-refractivity contribution in [3.8, 4) is 0 Å². The standard InChI is InChI=1S/C27H31N3O4S/c1-21-11-10-16-24(17-21)30(35(3,33)34)20-26(31)29(19-23-14-8-5-9-15-23)25(27(32)28-2)18-22-12-6-4-7-13-22/h4-17,25H,18-20H2,1-3H3,(H,28,32). The number of nitrogens with zero attached hydrogens (tertiary/aromatic N) is 2. The maximum absolute atomic E-state index is 13.8. The van der Waals surface area contributed by atoms with Crippen LogP contribution in [0.5, 0.6) is 0 Å². The Balaban J connectivity index is 2.00. The van der Waals surface area contributed by atoms with Gasteiger partial charge in [-0.3, -0.25) is 13.9 Å². The number of carbonyl (C=O) groups excluding carboxylic acids is 2. The number of anilines is 1. The van der Waals surface area contributed by atoms with Crippen molar-refractivity contribution in [1.29, 1.82) is 0 Å². The zero-order valence-electron chi connectivity index (χ0n) is 20.2. The van der Waals surface area contributed by atoms with Gasteiger partial charge in [0.05, 0.1) is 11.9 Å². The largest absolute Gasteiger partial charge is 0.357 e. The van der Waals surface area contributed by atoms with E-state index in [0.717, 1.165) is 27.3 Å². The summed E-state index contributed by atoms with van der Waals surface area (Å²) in [6, 6.07) is 24.9. The first-order valence-electron chi connectivity index (χ1n) is 11.3. The molecule has 184 valence electrons. The zero-order chi connectivity index (χ0) is 25.4. The molecule has 0 bridgehead atoms. The van der Waals surface area contributed by atoms with Gasteiger partial charge in [0.1, 0.15) is 12.6 Å². The van der Waals surface area contributed by atoms with E-state index in [4.69, 9.17) is 0 Å². The van der Waals surface area contributed by atoms with Crippen LogP contribution in [-0.2, 0) is 32.6 Å². The van der Waals surface area contributed by atoms with Crippen LogP contribution in [0.2, 0.25) is 0 Å². The Morgan fingerprint density at radius 3 is 2.03 bits per heavy atom. The number of hydrogen-bond acceptors (Lipinski definition) is 4. The summed E-state index contributed by atoms with van der Waals surface area (Å²) in [6.07, 6.45) is 1.37. The van der Waals surface area contributed by atoms with Gasteiger partial charge < -0.3 is 10.2 Å². The summed E-state index contributed by atoms with van der Waals surface area (Å²) in [7, 11) is -2.23. The van der Waals surface area contributed by atoms with Crippen molar-refractivity contribution in [3.63, 3.8) is 0 Å². The fraction of sp³-hybridized carbons (Fsp3) is 0.259. The summed E-state index contributed by atoms with van der Waals surface area (Å²) in [4.78, 5) is 28.2. The van der Waals surface area contributed by atoms with Crippen LogP contribution in [0.3, 0.4) is 0 Å². The molecule has 0 aliphatic carbocycles. The molecule has 0 saturated carbocycles. The molecule has 0 aromatic heterocycles. The van der Waals surface area contributed by atoms with Gasteiger partial charge in [0.25, 0.3) is 0 Å². The summed E-state index contributed by atoms with van der Waals surface area (Å²) in [5.74, 6) is -0.787. The minimum atomic E-state index is -3.76. The van der Waals surface area contributed by atoms with Crippen molar-refractivity contribution in [2.75, 3.05) is 24.2 Å². The number of rotatable bonds is 10. The van der Waals surface area contributed by atoms with Gasteiger partial charge >= 0.3 is 0 Å². The van der Waals surface area contributed by atoms with E-state index in [9.17, 15) is 18.0 Å². The molecule has 1 unspecified atom stereocenters. The summed E-state index contributed by atoms with van der Waals surface area (Å²) in [5.41, 5.74) is 3.01. The molecule has 3 rings (SSSR count). The van der Waals surface area contributed by atoms with Crippen LogP contribution in [-0.4, -0.2) is 51.0 Å². The lowest BCUT2D eigenvalue weighted by atomic mass is 10.0.